The lowest BCUT2D eigenvalue weighted by molar-refractivity contribution is 0.792. The van der Waals surface area contributed by atoms with Gasteiger partial charge in [0.1, 0.15) is 5.69 Å². The standard InChI is InChI=1S/C21H25N/c1-3-5-7-18-9-11-19(12-10-18)13-15-21-16-14-20(17-22-21)8-6-4-2/h9-12,14,16-17H,3-8H2,1-2H3. The maximum absolute atomic E-state index is 4.43. The number of rotatable bonds is 6. The Bertz CT molecular complexity index is 556. The maximum atomic E-state index is 4.43. The summed E-state index contributed by atoms with van der Waals surface area (Å²) in [6, 6.07) is 12.7. The zero-order valence-corrected chi connectivity index (χ0v) is 13.7. The van der Waals surface area contributed by atoms with Crippen LogP contribution in [0.25, 0.3) is 0 Å². The minimum atomic E-state index is 0.843. The quantitative estimate of drug-likeness (QED) is 0.669. The van der Waals surface area contributed by atoms with Gasteiger partial charge in [-0.05, 0) is 60.9 Å². The lowest BCUT2D eigenvalue weighted by atomic mass is 10.1. The topological polar surface area (TPSA) is 12.9 Å². The van der Waals surface area contributed by atoms with Crippen LogP contribution in [0.15, 0.2) is 42.6 Å². The summed E-state index contributed by atoms with van der Waals surface area (Å²) in [5, 5.41) is 0. The molecule has 1 aromatic heterocycles. The molecule has 0 radical (unpaired) electrons. The number of aromatic nitrogens is 1. The molecule has 0 aliphatic rings. The van der Waals surface area contributed by atoms with E-state index in [-0.39, 0.29) is 0 Å². The van der Waals surface area contributed by atoms with Gasteiger partial charge in [0.05, 0.1) is 0 Å². The summed E-state index contributed by atoms with van der Waals surface area (Å²) in [5.74, 6) is 6.34. The molecule has 114 valence electrons. The van der Waals surface area contributed by atoms with Gasteiger partial charge < -0.3 is 0 Å². The fourth-order valence-electron chi connectivity index (χ4n) is 2.30. The van der Waals surface area contributed by atoms with E-state index < -0.39 is 0 Å². The monoisotopic (exact) mass is 291 g/mol. The van der Waals surface area contributed by atoms with Crippen LogP contribution in [-0.4, -0.2) is 4.98 Å². The van der Waals surface area contributed by atoms with Gasteiger partial charge in [0, 0.05) is 11.8 Å². The van der Waals surface area contributed by atoms with Crippen molar-refractivity contribution in [3.05, 3.63) is 65.0 Å². The summed E-state index contributed by atoms with van der Waals surface area (Å²) in [4.78, 5) is 4.43. The Morgan fingerprint density at radius 1 is 0.773 bits per heavy atom. The first-order valence-electron chi connectivity index (χ1n) is 8.37. The van der Waals surface area contributed by atoms with Crippen LogP contribution in [-0.2, 0) is 12.8 Å². The second-order valence-corrected chi connectivity index (χ2v) is 5.71. The molecule has 0 fully saturated rings. The van der Waals surface area contributed by atoms with Crippen LogP contribution in [0.2, 0.25) is 0 Å². The Labute approximate surface area is 134 Å². The van der Waals surface area contributed by atoms with E-state index in [0.29, 0.717) is 0 Å². The smallest absolute Gasteiger partial charge is 0.113 e. The average molecular weight is 291 g/mol. The molecule has 1 heteroatoms. The van der Waals surface area contributed by atoms with E-state index in [2.05, 4.69) is 61.0 Å². The van der Waals surface area contributed by atoms with Crippen molar-refractivity contribution in [2.24, 2.45) is 0 Å². The first-order chi connectivity index (χ1) is 10.8. The van der Waals surface area contributed by atoms with Gasteiger partial charge in [-0.1, -0.05) is 50.8 Å². The summed E-state index contributed by atoms with van der Waals surface area (Å²) in [6.07, 6.45) is 9.14. The molecule has 2 aromatic rings. The van der Waals surface area contributed by atoms with Gasteiger partial charge in [-0.3, -0.25) is 0 Å². The molecule has 1 heterocycles. The van der Waals surface area contributed by atoms with Crippen LogP contribution >= 0.6 is 0 Å². The van der Waals surface area contributed by atoms with E-state index in [1.165, 1.54) is 36.8 Å². The highest BCUT2D eigenvalue weighted by atomic mass is 14.7. The minimum absolute atomic E-state index is 0.843. The van der Waals surface area contributed by atoms with E-state index >= 15 is 0 Å². The SMILES string of the molecule is CCCCc1ccc(C#Cc2ccc(CCCC)cn2)cc1. The van der Waals surface area contributed by atoms with E-state index in [1.54, 1.807) is 0 Å². The van der Waals surface area contributed by atoms with E-state index in [4.69, 9.17) is 0 Å². The van der Waals surface area contributed by atoms with Crippen LogP contribution in [0.1, 0.15) is 61.9 Å². The molecule has 0 atom stereocenters. The van der Waals surface area contributed by atoms with Gasteiger partial charge in [-0.15, -0.1) is 0 Å². The molecule has 0 saturated carbocycles. The van der Waals surface area contributed by atoms with E-state index in [1.807, 2.05) is 12.3 Å². The highest BCUT2D eigenvalue weighted by molar-refractivity contribution is 5.41. The van der Waals surface area contributed by atoms with Crippen molar-refractivity contribution in [3.8, 4) is 11.8 Å². The molecule has 2 rings (SSSR count). The van der Waals surface area contributed by atoms with Gasteiger partial charge in [-0.25, -0.2) is 4.98 Å². The van der Waals surface area contributed by atoms with Crippen molar-refractivity contribution in [1.29, 1.82) is 0 Å². The number of hydrogen-bond acceptors (Lipinski definition) is 1. The van der Waals surface area contributed by atoms with Gasteiger partial charge in [-0.2, -0.15) is 0 Å². The van der Waals surface area contributed by atoms with Crippen LogP contribution in [0, 0.1) is 11.8 Å². The van der Waals surface area contributed by atoms with Crippen molar-refractivity contribution < 1.29 is 0 Å². The zero-order valence-electron chi connectivity index (χ0n) is 13.7. The Kier molecular flexibility index (Phi) is 6.71. The number of nitrogens with zero attached hydrogens (tertiary/aromatic N) is 1. The van der Waals surface area contributed by atoms with Gasteiger partial charge in [0.25, 0.3) is 0 Å². The summed E-state index contributed by atoms with van der Waals surface area (Å²) < 4.78 is 0. The molecule has 0 amide bonds. The molecule has 1 aromatic carbocycles. The predicted octanol–water partition coefficient (Wildman–Crippen LogP) is 5.17. The first-order valence-corrected chi connectivity index (χ1v) is 8.37. The third-order valence-corrected chi connectivity index (χ3v) is 3.75. The molecule has 1 nitrogen and oxygen atoms in total. The summed E-state index contributed by atoms with van der Waals surface area (Å²) >= 11 is 0. The highest BCUT2D eigenvalue weighted by Crippen LogP contribution is 2.08. The molecular weight excluding hydrogens is 266 g/mol. The molecule has 0 aliphatic heterocycles. The lowest BCUT2D eigenvalue weighted by Gasteiger charge is -1.99. The third kappa shape index (κ3) is 5.37. The molecule has 0 bridgehead atoms. The van der Waals surface area contributed by atoms with Crippen LogP contribution in [0.5, 0.6) is 0 Å². The molecular formula is C21H25N. The van der Waals surface area contributed by atoms with Crippen molar-refractivity contribution in [2.75, 3.05) is 0 Å². The lowest BCUT2D eigenvalue weighted by Crippen LogP contribution is -1.88. The largest absolute Gasteiger partial charge is 0.248 e. The molecule has 0 spiro atoms. The van der Waals surface area contributed by atoms with Gasteiger partial charge in [0.15, 0.2) is 0 Å². The molecule has 0 saturated heterocycles. The fraction of sp³-hybridized carbons (Fsp3) is 0.381. The summed E-state index contributed by atoms with van der Waals surface area (Å²) in [6.45, 7) is 4.43. The minimum Gasteiger partial charge on any atom is -0.248 e. The number of hydrogen-bond donors (Lipinski definition) is 0. The van der Waals surface area contributed by atoms with Crippen molar-refractivity contribution in [3.63, 3.8) is 0 Å². The van der Waals surface area contributed by atoms with Gasteiger partial charge >= 0.3 is 0 Å². The number of aryl methyl sites for hydroxylation is 2. The van der Waals surface area contributed by atoms with Crippen LogP contribution in [0.3, 0.4) is 0 Å². The molecule has 0 unspecified atom stereocenters. The number of benzene rings is 1. The Morgan fingerprint density at radius 2 is 1.41 bits per heavy atom. The van der Waals surface area contributed by atoms with Crippen molar-refractivity contribution >= 4 is 0 Å². The zero-order chi connectivity index (χ0) is 15.6. The Hall–Kier alpha value is -2.07. The normalized spacial score (nSPS) is 10.1. The van der Waals surface area contributed by atoms with E-state index in [0.717, 1.165) is 24.1 Å². The van der Waals surface area contributed by atoms with Crippen LogP contribution in [0.4, 0.5) is 0 Å². The second kappa shape index (κ2) is 9.05. The highest BCUT2D eigenvalue weighted by Gasteiger charge is 1.95. The molecule has 22 heavy (non-hydrogen) atoms. The summed E-state index contributed by atoms with van der Waals surface area (Å²) in [7, 11) is 0. The Balaban J connectivity index is 1.97. The van der Waals surface area contributed by atoms with Crippen molar-refractivity contribution in [2.45, 2.75) is 52.4 Å². The second-order valence-electron chi connectivity index (χ2n) is 5.71. The van der Waals surface area contributed by atoms with Gasteiger partial charge in [0.2, 0.25) is 0 Å². The first kappa shape index (κ1) is 16.3. The fourth-order valence-corrected chi connectivity index (χ4v) is 2.30. The molecule has 0 N–H and O–H groups in total. The van der Waals surface area contributed by atoms with E-state index in [9.17, 15) is 0 Å². The Morgan fingerprint density at radius 3 is 2.00 bits per heavy atom. The number of unbranched alkanes of at least 4 members (excludes halogenated alkanes) is 2. The average Bonchev–Trinajstić information content (AvgIpc) is 2.58. The van der Waals surface area contributed by atoms with Crippen molar-refractivity contribution in [1.82, 2.24) is 4.98 Å². The predicted molar refractivity (Wildman–Crippen MR) is 93.9 cm³/mol. The maximum Gasteiger partial charge on any atom is 0.113 e. The summed E-state index contributed by atoms with van der Waals surface area (Å²) in [5.41, 5.74) is 4.59. The van der Waals surface area contributed by atoms with Crippen LogP contribution < -0.4 is 0 Å². The molecule has 0 aliphatic carbocycles. The number of pyridine rings is 1. The third-order valence-electron chi connectivity index (χ3n) is 3.75.